The molecule has 3 aromatic rings. The predicted octanol–water partition coefficient (Wildman–Crippen LogP) is 4.80. The number of rotatable bonds is 6. The summed E-state index contributed by atoms with van der Waals surface area (Å²) in [5.41, 5.74) is 3.32. The summed E-state index contributed by atoms with van der Waals surface area (Å²) in [6.45, 7) is 7.53. The highest BCUT2D eigenvalue weighted by Gasteiger charge is 2.25. The first-order valence-corrected chi connectivity index (χ1v) is 11.8. The number of nitrogens with zero attached hydrogens (tertiary/aromatic N) is 3. The molecule has 1 aliphatic rings. The number of amides is 1. The highest BCUT2D eigenvalue weighted by atomic mass is 35.5. The summed E-state index contributed by atoms with van der Waals surface area (Å²) in [5.74, 6) is 0.715. The van der Waals surface area contributed by atoms with Crippen molar-refractivity contribution >= 4 is 28.5 Å². The number of carbonyl (C=O) groups is 1. The number of carbonyl (C=O) groups excluding carboxylic acids is 1. The Kier molecular flexibility index (Phi) is 6.70. The predicted molar refractivity (Wildman–Crippen MR) is 128 cm³/mol. The van der Waals surface area contributed by atoms with Gasteiger partial charge in [0.2, 0.25) is 0 Å². The molecule has 0 spiro atoms. The maximum atomic E-state index is 13.2. The van der Waals surface area contributed by atoms with Crippen LogP contribution in [0.1, 0.15) is 55.6 Å². The Morgan fingerprint density at radius 2 is 1.81 bits per heavy atom. The van der Waals surface area contributed by atoms with Crippen molar-refractivity contribution in [3.05, 3.63) is 63.3 Å². The van der Waals surface area contributed by atoms with Gasteiger partial charge in [-0.1, -0.05) is 37.6 Å². The number of hydrogen-bond acceptors (Lipinski definition) is 3. The van der Waals surface area contributed by atoms with E-state index in [4.69, 9.17) is 11.6 Å². The molecule has 1 aliphatic carbocycles. The standard InChI is InChI=1S/C25H31ClN4O2/c1-16(2)14-29-22-6-4-5-7-23(22)30(25(29)32)15-18-8-10-20(11-9-18)28-24(31)21-12-19(26)13-27-17(21)3/h4-7,12-13,16,18,20H,8-11,14-15H2,1-3H3,(H,28,31)/t18-,20-. The minimum atomic E-state index is -0.117. The van der Waals surface area contributed by atoms with Gasteiger partial charge in [-0.15, -0.1) is 0 Å². The van der Waals surface area contributed by atoms with E-state index in [1.807, 2.05) is 40.3 Å². The van der Waals surface area contributed by atoms with Crippen molar-refractivity contribution in [1.82, 2.24) is 19.4 Å². The number of nitrogens with one attached hydrogen (secondary N) is 1. The molecule has 6 nitrogen and oxygen atoms in total. The Hall–Kier alpha value is -2.60. The third-order valence-electron chi connectivity index (χ3n) is 6.39. The van der Waals surface area contributed by atoms with Crippen LogP contribution in [-0.4, -0.2) is 26.1 Å². The van der Waals surface area contributed by atoms with E-state index in [0.717, 1.165) is 49.8 Å². The van der Waals surface area contributed by atoms with Gasteiger partial charge in [0, 0.05) is 25.3 Å². The monoisotopic (exact) mass is 454 g/mol. The lowest BCUT2D eigenvalue weighted by Crippen LogP contribution is -2.39. The van der Waals surface area contributed by atoms with Crippen LogP contribution in [0.25, 0.3) is 11.0 Å². The number of halogens is 1. The summed E-state index contributed by atoms with van der Waals surface area (Å²) in [7, 11) is 0. The second-order valence-electron chi connectivity index (χ2n) is 9.36. The number of aromatic nitrogens is 3. The first kappa shape index (κ1) is 22.6. The van der Waals surface area contributed by atoms with Gasteiger partial charge in [-0.3, -0.25) is 18.9 Å². The molecule has 2 aromatic heterocycles. The second kappa shape index (κ2) is 9.49. The van der Waals surface area contributed by atoms with Crippen molar-refractivity contribution in [3.63, 3.8) is 0 Å². The molecule has 1 saturated carbocycles. The maximum Gasteiger partial charge on any atom is 0.329 e. The van der Waals surface area contributed by atoms with E-state index in [1.165, 1.54) is 0 Å². The zero-order valence-electron chi connectivity index (χ0n) is 19.0. The van der Waals surface area contributed by atoms with Crippen LogP contribution < -0.4 is 11.0 Å². The molecule has 1 N–H and O–H groups in total. The van der Waals surface area contributed by atoms with Crippen molar-refractivity contribution in [2.24, 2.45) is 11.8 Å². The van der Waals surface area contributed by atoms with E-state index in [-0.39, 0.29) is 17.6 Å². The number of hydrogen-bond donors (Lipinski definition) is 1. The van der Waals surface area contributed by atoms with E-state index in [2.05, 4.69) is 24.1 Å². The molecular weight excluding hydrogens is 424 g/mol. The minimum Gasteiger partial charge on any atom is -0.349 e. The summed E-state index contributed by atoms with van der Waals surface area (Å²) < 4.78 is 3.86. The van der Waals surface area contributed by atoms with Crippen molar-refractivity contribution in [2.75, 3.05) is 0 Å². The molecule has 1 amide bonds. The van der Waals surface area contributed by atoms with Crippen LogP contribution in [0.4, 0.5) is 0 Å². The van der Waals surface area contributed by atoms with Gasteiger partial charge in [0.15, 0.2) is 0 Å². The molecular formula is C25H31ClN4O2. The lowest BCUT2D eigenvalue weighted by Gasteiger charge is -2.29. The van der Waals surface area contributed by atoms with Crippen molar-refractivity contribution in [2.45, 2.75) is 65.6 Å². The van der Waals surface area contributed by atoms with Gasteiger partial charge in [0.05, 0.1) is 27.3 Å². The third-order valence-corrected chi connectivity index (χ3v) is 6.60. The molecule has 170 valence electrons. The van der Waals surface area contributed by atoms with E-state index >= 15 is 0 Å². The summed E-state index contributed by atoms with van der Waals surface area (Å²) in [6, 6.07) is 9.88. The highest BCUT2D eigenvalue weighted by molar-refractivity contribution is 6.30. The van der Waals surface area contributed by atoms with E-state index < -0.39 is 0 Å². The van der Waals surface area contributed by atoms with Crippen LogP contribution in [0.3, 0.4) is 0 Å². The van der Waals surface area contributed by atoms with Crippen LogP contribution in [-0.2, 0) is 13.1 Å². The van der Waals surface area contributed by atoms with Crippen molar-refractivity contribution < 1.29 is 4.79 Å². The first-order valence-electron chi connectivity index (χ1n) is 11.4. The molecule has 0 radical (unpaired) electrons. The normalized spacial score (nSPS) is 18.9. The van der Waals surface area contributed by atoms with E-state index in [9.17, 15) is 9.59 Å². The maximum absolute atomic E-state index is 13.2. The van der Waals surface area contributed by atoms with E-state index in [1.54, 1.807) is 12.3 Å². The number of benzene rings is 1. The summed E-state index contributed by atoms with van der Waals surface area (Å²) >= 11 is 6.01. The van der Waals surface area contributed by atoms with E-state index in [0.29, 0.717) is 28.1 Å². The van der Waals surface area contributed by atoms with Crippen LogP contribution in [0.15, 0.2) is 41.3 Å². The average Bonchev–Trinajstić information content (AvgIpc) is 3.02. The zero-order chi connectivity index (χ0) is 22.8. The quantitative estimate of drug-likeness (QED) is 0.581. The van der Waals surface area contributed by atoms with Crippen molar-refractivity contribution in [3.8, 4) is 0 Å². The molecule has 7 heteroatoms. The Morgan fingerprint density at radius 1 is 1.16 bits per heavy atom. The molecule has 0 unspecified atom stereocenters. The molecule has 0 bridgehead atoms. The fourth-order valence-electron chi connectivity index (χ4n) is 4.74. The molecule has 4 rings (SSSR count). The van der Waals surface area contributed by atoms with Crippen LogP contribution in [0.5, 0.6) is 0 Å². The zero-order valence-corrected chi connectivity index (χ0v) is 19.7. The molecule has 0 aliphatic heterocycles. The Bertz CT molecular complexity index is 1170. The number of aryl methyl sites for hydroxylation is 1. The van der Waals surface area contributed by atoms with Gasteiger partial charge in [0.25, 0.3) is 5.91 Å². The number of imidazole rings is 1. The fourth-order valence-corrected chi connectivity index (χ4v) is 4.90. The summed E-state index contributed by atoms with van der Waals surface area (Å²) in [5, 5.41) is 3.61. The molecule has 1 aromatic carbocycles. The fraction of sp³-hybridized carbons (Fsp3) is 0.480. The smallest absolute Gasteiger partial charge is 0.329 e. The Labute approximate surface area is 193 Å². The summed E-state index contributed by atoms with van der Waals surface area (Å²) in [6.07, 6.45) is 5.33. The van der Waals surface area contributed by atoms with Crippen LogP contribution >= 0.6 is 11.6 Å². The average molecular weight is 455 g/mol. The van der Waals surface area contributed by atoms with Crippen LogP contribution in [0.2, 0.25) is 5.02 Å². The van der Waals surface area contributed by atoms with Gasteiger partial charge in [-0.25, -0.2) is 4.79 Å². The number of fused-ring (bicyclic) bond motifs is 1. The van der Waals surface area contributed by atoms with Gasteiger partial charge in [-0.2, -0.15) is 0 Å². The first-order chi connectivity index (χ1) is 15.3. The van der Waals surface area contributed by atoms with Crippen molar-refractivity contribution in [1.29, 1.82) is 0 Å². The summed E-state index contributed by atoms with van der Waals surface area (Å²) in [4.78, 5) is 30.0. The SMILES string of the molecule is Cc1ncc(Cl)cc1C(=O)N[C@H]1CC[C@H](Cn2c(=O)n(CC(C)C)c3ccccc32)CC1. The third kappa shape index (κ3) is 4.75. The molecule has 32 heavy (non-hydrogen) atoms. The second-order valence-corrected chi connectivity index (χ2v) is 9.80. The highest BCUT2D eigenvalue weighted by Crippen LogP contribution is 2.27. The Balaban J connectivity index is 1.42. The van der Waals surface area contributed by atoms with Crippen LogP contribution in [0, 0.1) is 18.8 Å². The molecule has 0 atom stereocenters. The molecule has 0 saturated heterocycles. The topological polar surface area (TPSA) is 68.9 Å². The molecule has 1 fully saturated rings. The Morgan fingerprint density at radius 3 is 2.47 bits per heavy atom. The minimum absolute atomic E-state index is 0.0826. The molecule has 2 heterocycles. The lowest BCUT2D eigenvalue weighted by atomic mass is 9.85. The number of para-hydroxylation sites is 2. The van der Waals surface area contributed by atoms with Gasteiger partial charge < -0.3 is 5.32 Å². The van der Waals surface area contributed by atoms with Gasteiger partial charge in [-0.05, 0) is 62.6 Å². The van der Waals surface area contributed by atoms with Gasteiger partial charge >= 0.3 is 5.69 Å². The van der Waals surface area contributed by atoms with Gasteiger partial charge in [0.1, 0.15) is 0 Å². The largest absolute Gasteiger partial charge is 0.349 e. The number of pyridine rings is 1. The lowest BCUT2D eigenvalue weighted by molar-refractivity contribution is 0.0919.